The molecule has 0 radical (unpaired) electrons. The first kappa shape index (κ1) is 11.5. The number of hydrogen-bond acceptors (Lipinski definition) is 1. The molecule has 1 aromatic heterocycles. The normalized spacial score (nSPS) is 19.8. The molecule has 1 unspecified atom stereocenters. The molecular weight excluding hydrogens is 222 g/mol. The van der Waals surface area contributed by atoms with Crippen LogP contribution in [0.3, 0.4) is 0 Å². The van der Waals surface area contributed by atoms with Crippen LogP contribution in [-0.4, -0.2) is 9.78 Å². The lowest BCUT2D eigenvalue weighted by atomic mass is 9.97. The highest BCUT2D eigenvalue weighted by atomic mass is 15.4. The molecule has 3 nitrogen and oxygen atoms in total. The molecular formula is C15H20N3+. The van der Waals surface area contributed by atoms with Gasteiger partial charge in [0.1, 0.15) is 5.69 Å². The van der Waals surface area contributed by atoms with Crippen LogP contribution in [0.25, 0.3) is 5.69 Å². The van der Waals surface area contributed by atoms with E-state index in [0.29, 0.717) is 6.04 Å². The van der Waals surface area contributed by atoms with Crippen LogP contribution in [0.2, 0.25) is 0 Å². The standard InChI is InChI=1S/C15H20N3/c1-3-12(2)14-9-10-15-16-18(11-17(14)15)13-7-5-4-6-8-13/h4-8,11-12,14H,3,9-10H2,1-2H3/q+1/t12-,14?/m0/s1. The van der Waals surface area contributed by atoms with Crippen molar-refractivity contribution in [2.45, 2.75) is 39.2 Å². The van der Waals surface area contributed by atoms with Gasteiger partial charge in [0, 0.05) is 11.5 Å². The molecule has 1 aromatic carbocycles. The Labute approximate surface area is 108 Å². The Kier molecular flexibility index (Phi) is 2.90. The third-order valence-electron chi connectivity index (χ3n) is 4.10. The van der Waals surface area contributed by atoms with E-state index in [-0.39, 0.29) is 0 Å². The smallest absolute Gasteiger partial charge is 0.231 e. The molecule has 0 spiro atoms. The number of hydrogen-bond donors (Lipinski definition) is 0. The van der Waals surface area contributed by atoms with Crippen LogP contribution in [0.1, 0.15) is 38.6 Å². The highest BCUT2D eigenvalue weighted by molar-refractivity contribution is 5.28. The van der Waals surface area contributed by atoms with E-state index in [2.05, 4.69) is 49.0 Å². The molecule has 2 aromatic rings. The Bertz CT molecular complexity index is 530. The summed E-state index contributed by atoms with van der Waals surface area (Å²) in [6.07, 6.45) is 5.74. The molecule has 3 heteroatoms. The highest BCUT2D eigenvalue weighted by Crippen LogP contribution is 2.26. The second-order valence-corrected chi connectivity index (χ2v) is 5.21. The van der Waals surface area contributed by atoms with Crippen molar-refractivity contribution < 1.29 is 4.57 Å². The molecule has 94 valence electrons. The molecule has 0 saturated carbocycles. The first-order valence-electron chi connectivity index (χ1n) is 6.84. The van der Waals surface area contributed by atoms with Gasteiger partial charge in [0.05, 0.1) is 6.04 Å². The minimum Gasteiger partial charge on any atom is -0.231 e. The lowest BCUT2D eigenvalue weighted by Crippen LogP contribution is -2.39. The summed E-state index contributed by atoms with van der Waals surface area (Å²) < 4.78 is 4.38. The maximum absolute atomic E-state index is 4.71. The summed E-state index contributed by atoms with van der Waals surface area (Å²) in [6.45, 7) is 4.61. The highest BCUT2D eigenvalue weighted by Gasteiger charge is 2.34. The number of rotatable bonds is 3. The van der Waals surface area contributed by atoms with Gasteiger partial charge in [0.25, 0.3) is 5.82 Å². The molecule has 0 N–H and O–H groups in total. The van der Waals surface area contributed by atoms with Crippen LogP contribution in [-0.2, 0) is 6.42 Å². The van der Waals surface area contributed by atoms with Crippen LogP contribution in [0.5, 0.6) is 0 Å². The average Bonchev–Trinajstić information content (AvgIpc) is 2.98. The zero-order chi connectivity index (χ0) is 12.5. The summed E-state index contributed by atoms with van der Waals surface area (Å²) in [6, 6.07) is 11.0. The fourth-order valence-electron chi connectivity index (χ4n) is 2.79. The number of benzene rings is 1. The maximum atomic E-state index is 4.71. The second kappa shape index (κ2) is 4.56. The summed E-state index contributed by atoms with van der Waals surface area (Å²) >= 11 is 0. The molecule has 0 saturated heterocycles. The van der Waals surface area contributed by atoms with E-state index < -0.39 is 0 Å². The number of aryl methyl sites for hydroxylation is 1. The van der Waals surface area contributed by atoms with Crippen molar-refractivity contribution in [2.75, 3.05) is 0 Å². The molecule has 1 aliphatic rings. The Morgan fingerprint density at radius 3 is 2.89 bits per heavy atom. The summed E-state index contributed by atoms with van der Waals surface area (Å²) in [4.78, 5) is 0. The summed E-state index contributed by atoms with van der Waals surface area (Å²) in [5, 5.41) is 4.71. The minimum atomic E-state index is 0.627. The summed E-state index contributed by atoms with van der Waals surface area (Å²) in [5.74, 6) is 1.95. The monoisotopic (exact) mass is 242 g/mol. The molecule has 18 heavy (non-hydrogen) atoms. The fraction of sp³-hybridized carbons (Fsp3) is 0.467. The molecule has 0 bridgehead atoms. The van der Waals surface area contributed by atoms with Crippen LogP contribution in [0.4, 0.5) is 0 Å². The Balaban J connectivity index is 1.95. The molecule has 1 aliphatic heterocycles. The van der Waals surface area contributed by atoms with E-state index in [1.54, 1.807) is 0 Å². The van der Waals surface area contributed by atoms with Gasteiger partial charge in [-0.25, -0.2) is 4.57 Å². The van der Waals surface area contributed by atoms with Crippen molar-refractivity contribution in [1.29, 1.82) is 0 Å². The van der Waals surface area contributed by atoms with Crippen molar-refractivity contribution in [3.8, 4) is 5.69 Å². The van der Waals surface area contributed by atoms with Crippen LogP contribution >= 0.6 is 0 Å². The molecule has 0 amide bonds. The second-order valence-electron chi connectivity index (χ2n) is 5.21. The van der Waals surface area contributed by atoms with E-state index >= 15 is 0 Å². The third-order valence-corrected chi connectivity index (χ3v) is 4.10. The number of nitrogens with zero attached hydrogens (tertiary/aromatic N) is 3. The quantitative estimate of drug-likeness (QED) is 0.758. The van der Waals surface area contributed by atoms with Gasteiger partial charge in [-0.05, 0) is 24.5 Å². The van der Waals surface area contributed by atoms with E-state index in [4.69, 9.17) is 5.10 Å². The zero-order valence-corrected chi connectivity index (χ0v) is 11.1. The molecule has 0 fully saturated rings. The molecule has 0 aliphatic carbocycles. The first-order chi connectivity index (χ1) is 8.79. The van der Waals surface area contributed by atoms with Crippen LogP contribution in [0, 0.1) is 5.92 Å². The molecule has 3 rings (SSSR count). The predicted molar refractivity (Wildman–Crippen MR) is 70.6 cm³/mol. The van der Waals surface area contributed by atoms with E-state index in [0.717, 1.165) is 18.0 Å². The van der Waals surface area contributed by atoms with Gasteiger partial charge in [-0.2, -0.15) is 0 Å². The number of fused-ring (bicyclic) bond motifs is 1. The van der Waals surface area contributed by atoms with Gasteiger partial charge in [0.2, 0.25) is 6.33 Å². The van der Waals surface area contributed by atoms with Crippen molar-refractivity contribution in [2.24, 2.45) is 5.92 Å². The Hall–Kier alpha value is -1.64. The first-order valence-corrected chi connectivity index (χ1v) is 6.84. The lowest BCUT2D eigenvalue weighted by molar-refractivity contribution is -0.723. The van der Waals surface area contributed by atoms with Gasteiger partial charge in [-0.3, -0.25) is 0 Å². The number of aromatic nitrogens is 3. The zero-order valence-electron chi connectivity index (χ0n) is 11.1. The largest absolute Gasteiger partial charge is 0.278 e. The SMILES string of the molecule is CC[C@H](C)C1CCc2nn(-c3ccccc3)c[n+]21. The summed E-state index contributed by atoms with van der Waals surface area (Å²) in [7, 11) is 0. The lowest BCUT2D eigenvalue weighted by Gasteiger charge is -2.15. The molecule has 2 atom stereocenters. The van der Waals surface area contributed by atoms with Gasteiger partial charge in [-0.15, -0.1) is 0 Å². The van der Waals surface area contributed by atoms with Gasteiger partial charge >= 0.3 is 0 Å². The van der Waals surface area contributed by atoms with E-state index in [9.17, 15) is 0 Å². The van der Waals surface area contributed by atoms with Crippen LogP contribution in [0.15, 0.2) is 36.7 Å². The van der Waals surface area contributed by atoms with Crippen molar-refractivity contribution >= 4 is 0 Å². The predicted octanol–water partition coefficient (Wildman–Crippen LogP) is 2.69. The van der Waals surface area contributed by atoms with E-state index in [1.807, 2.05) is 10.7 Å². The Morgan fingerprint density at radius 1 is 1.39 bits per heavy atom. The minimum absolute atomic E-state index is 0.627. The maximum Gasteiger partial charge on any atom is 0.278 e. The summed E-state index contributed by atoms with van der Waals surface area (Å²) in [5.41, 5.74) is 1.14. The van der Waals surface area contributed by atoms with Gasteiger partial charge in [-0.1, -0.05) is 43.1 Å². The molecule has 2 heterocycles. The van der Waals surface area contributed by atoms with Crippen molar-refractivity contribution in [1.82, 2.24) is 9.78 Å². The van der Waals surface area contributed by atoms with Crippen molar-refractivity contribution in [3.05, 3.63) is 42.5 Å². The topological polar surface area (TPSA) is 21.7 Å². The Morgan fingerprint density at radius 2 is 2.17 bits per heavy atom. The number of para-hydroxylation sites is 1. The average molecular weight is 242 g/mol. The van der Waals surface area contributed by atoms with Crippen molar-refractivity contribution in [3.63, 3.8) is 0 Å². The van der Waals surface area contributed by atoms with Gasteiger partial charge in [0.15, 0.2) is 0 Å². The van der Waals surface area contributed by atoms with E-state index in [1.165, 1.54) is 18.7 Å². The fourth-order valence-corrected chi connectivity index (χ4v) is 2.79. The third kappa shape index (κ3) is 1.84. The van der Waals surface area contributed by atoms with Crippen LogP contribution < -0.4 is 4.57 Å². The van der Waals surface area contributed by atoms with Gasteiger partial charge < -0.3 is 0 Å².